The number of hydrogen-bond donors (Lipinski definition) is 1. The molecule has 0 unspecified atom stereocenters. The third kappa shape index (κ3) is 4.96. The first-order valence-electron chi connectivity index (χ1n) is 11.1. The van der Waals surface area contributed by atoms with Gasteiger partial charge in [0.15, 0.2) is 6.61 Å². The minimum Gasteiger partial charge on any atom is -0.484 e. The quantitative estimate of drug-likeness (QED) is 0.760. The molecule has 2 heterocycles. The normalized spacial score (nSPS) is 17.5. The first-order chi connectivity index (χ1) is 14.6. The number of piperidine rings is 1. The van der Waals surface area contributed by atoms with Gasteiger partial charge in [-0.3, -0.25) is 9.69 Å². The van der Waals surface area contributed by atoms with E-state index in [-0.39, 0.29) is 18.6 Å². The number of amides is 1. The second-order valence-corrected chi connectivity index (χ2v) is 8.58. The second kappa shape index (κ2) is 9.52. The maximum Gasteiger partial charge on any atom is 0.258 e. The van der Waals surface area contributed by atoms with Crippen LogP contribution < -0.4 is 15.0 Å². The molecule has 2 aliphatic heterocycles. The van der Waals surface area contributed by atoms with Crippen molar-refractivity contribution in [3.8, 4) is 5.75 Å². The average Bonchev–Trinajstić information content (AvgIpc) is 3.13. The van der Waals surface area contributed by atoms with Gasteiger partial charge in [0.25, 0.3) is 5.91 Å². The Morgan fingerprint density at radius 3 is 2.73 bits per heavy atom. The topological polar surface area (TPSA) is 44.8 Å². The van der Waals surface area contributed by atoms with Gasteiger partial charge in [0, 0.05) is 25.8 Å². The fraction of sp³-hybridized carbons (Fsp3) is 0.480. The lowest BCUT2D eigenvalue weighted by Gasteiger charge is -2.35. The summed E-state index contributed by atoms with van der Waals surface area (Å²) in [7, 11) is 2.15. The van der Waals surface area contributed by atoms with E-state index in [9.17, 15) is 4.79 Å². The number of nitrogens with one attached hydrogen (secondary N) is 1. The van der Waals surface area contributed by atoms with Crippen LogP contribution in [-0.2, 0) is 11.2 Å². The summed E-state index contributed by atoms with van der Waals surface area (Å²) < 4.78 is 5.67. The molecule has 0 aromatic heterocycles. The summed E-state index contributed by atoms with van der Waals surface area (Å²) in [6.45, 7) is 5.95. The molecule has 160 valence electrons. The Morgan fingerprint density at radius 2 is 1.93 bits per heavy atom. The number of carbonyl (C=O) groups is 1. The molecular weight excluding hydrogens is 374 g/mol. The highest BCUT2D eigenvalue weighted by molar-refractivity contribution is 5.77. The zero-order chi connectivity index (χ0) is 20.9. The molecule has 4 rings (SSSR count). The summed E-state index contributed by atoms with van der Waals surface area (Å²) in [5, 5.41) is 3.12. The van der Waals surface area contributed by atoms with E-state index in [1.807, 2.05) is 31.2 Å². The van der Waals surface area contributed by atoms with Crippen molar-refractivity contribution in [2.75, 3.05) is 44.7 Å². The van der Waals surface area contributed by atoms with Crippen molar-refractivity contribution < 1.29 is 9.53 Å². The van der Waals surface area contributed by atoms with Crippen LogP contribution in [0.25, 0.3) is 0 Å². The van der Waals surface area contributed by atoms with Crippen LogP contribution >= 0.6 is 0 Å². The smallest absolute Gasteiger partial charge is 0.258 e. The van der Waals surface area contributed by atoms with E-state index in [2.05, 4.69) is 40.4 Å². The molecule has 2 aromatic rings. The average molecular weight is 408 g/mol. The van der Waals surface area contributed by atoms with Crippen molar-refractivity contribution in [1.29, 1.82) is 0 Å². The molecule has 5 heteroatoms. The summed E-state index contributed by atoms with van der Waals surface area (Å²) >= 11 is 0. The lowest BCUT2D eigenvalue weighted by atomic mass is 9.98. The molecule has 0 radical (unpaired) electrons. The number of carbonyl (C=O) groups excluding carboxylic acids is 1. The van der Waals surface area contributed by atoms with E-state index >= 15 is 0 Å². The number of nitrogens with zero attached hydrogens (tertiary/aromatic N) is 2. The van der Waals surface area contributed by atoms with Crippen molar-refractivity contribution in [2.45, 2.75) is 38.6 Å². The van der Waals surface area contributed by atoms with Gasteiger partial charge in [-0.15, -0.1) is 0 Å². The van der Waals surface area contributed by atoms with Gasteiger partial charge in [-0.25, -0.2) is 0 Å². The summed E-state index contributed by atoms with van der Waals surface area (Å²) in [6.07, 6.45) is 4.86. The first-order valence-corrected chi connectivity index (χ1v) is 11.1. The zero-order valence-corrected chi connectivity index (χ0v) is 18.2. The molecule has 5 nitrogen and oxygen atoms in total. The van der Waals surface area contributed by atoms with Crippen molar-refractivity contribution in [3.63, 3.8) is 0 Å². The number of anilines is 1. The summed E-state index contributed by atoms with van der Waals surface area (Å²) in [6, 6.07) is 14.9. The van der Waals surface area contributed by atoms with Crippen molar-refractivity contribution >= 4 is 11.6 Å². The van der Waals surface area contributed by atoms with Gasteiger partial charge >= 0.3 is 0 Å². The van der Waals surface area contributed by atoms with E-state index in [1.54, 1.807) is 0 Å². The number of benzene rings is 2. The maximum atomic E-state index is 12.5. The molecule has 0 saturated carbocycles. The van der Waals surface area contributed by atoms with Crippen LogP contribution in [0.3, 0.4) is 0 Å². The van der Waals surface area contributed by atoms with E-state index < -0.39 is 0 Å². The van der Waals surface area contributed by atoms with Crippen LogP contribution in [0.2, 0.25) is 0 Å². The van der Waals surface area contributed by atoms with Crippen LogP contribution in [0.5, 0.6) is 5.75 Å². The molecule has 30 heavy (non-hydrogen) atoms. The summed E-state index contributed by atoms with van der Waals surface area (Å²) in [5.74, 6) is 0.667. The lowest BCUT2D eigenvalue weighted by Crippen LogP contribution is -2.41. The minimum atomic E-state index is -0.0700. The number of fused-ring (bicyclic) bond motifs is 1. The van der Waals surface area contributed by atoms with E-state index in [0.29, 0.717) is 6.54 Å². The molecule has 1 saturated heterocycles. The van der Waals surface area contributed by atoms with Gasteiger partial charge in [0.05, 0.1) is 6.04 Å². The molecule has 2 aromatic carbocycles. The molecule has 1 amide bonds. The number of ether oxygens (including phenoxy) is 1. The predicted molar refractivity (Wildman–Crippen MR) is 121 cm³/mol. The highest BCUT2D eigenvalue weighted by Crippen LogP contribution is 2.32. The highest BCUT2D eigenvalue weighted by atomic mass is 16.5. The van der Waals surface area contributed by atoms with Crippen LogP contribution in [0.15, 0.2) is 42.5 Å². The number of rotatable bonds is 7. The van der Waals surface area contributed by atoms with Gasteiger partial charge < -0.3 is 15.0 Å². The van der Waals surface area contributed by atoms with E-state index in [1.165, 1.54) is 36.1 Å². The van der Waals surface area contributed by atoms with Crippen LogP contribution in [-0.4, -0.2) is 50.6 Å². The molecular formula is C25H33N3O2. The van der Waals surface area contributed by atoms with Gasteiger partial charge in [0.2, 0.25) is 0 Å². The zero-order valence-electron chi connectivity index (χ0n) is 18.2. The number of aryl methyl sites for hydroxylation is 1. The Balaban J connectivity index is 1.41. The number of hydrogen-bond acceptors (Lipinski definition) is 4. The Kier molecular flexibility index (Phi) is 6.58. The van der Waals surface area contributed by atoms with E-state index in [4.69, 9.17) is 4.74 Å². The number of likely N-dealkylation sites (tertiary alicyclic amines) is 1. The summed E-state index contributed by atoms with van der Waals surface area (Å²) in [5.41, 5.74) is 5.20. The third-order valence-electron chi connectivity index (χ3n) is 6.30. The molecule has 1 atom stereocenters. The van der Waals surface area contributed by atoms with Crippen LogP contribution in [0.1, 0.15) is 42.0 Å². The van der Waals surface area contributed by atoms with Crippen LogP contribution in [0.4, 0.5) is 5.69 Å². The molecule has 2 aliphatic rings. The van der Waals surface area contributed by atoms with Gasteiger partial charge in [0.1, 0.15) is 5.75 Å². The Morgan fingerprint density at radius 1 is 1.10 bits per heavy atom. The standard InChI is InChI=1S/C25H33N3O2/c1-19-7-6-8-22(15-19)30-18-25(29)26-17-24(28-12-4-3-5-13-28)20-9-10-23-21(16-20)11-14-27(23)2/h6-10,15-16,24H,3-5,11-14,17-18H2,1-2H3,(H,26,29)/t24-/m1/s1. The van der Waals surface area contributed by atoms with Crippen molar-refractivity contribution in [3.05, 3.63) is 59.2 Å². The summed E-state index contributed by atoms with van der Waals surface area (Å²) in [4.78, 5) is 17.3. The van der Waals surface area contributed by atoms with E-state index in [0.717, 1.165) is 37.4 Å². The predicted octanol–water partition coefficient (Wildman–Crippen LogP) is 3.71. The highest BCUT2D eigenvalue weighted by Gasteiger charge is 2.25. The molecule has 0 aliphatic carbocycles. The second-order valence-electron chi connectivity index (χ2n) is 8.58. The maximum absolute atomic E-state index is 12.5. The van der Waals surface area contributed by atoms with Crippen molar-refractivity contribution in [2.24, 2.45) is 0 Å². The third-order valence-corrected chi connectivity index (χ3v) is 6.30. The Hall–Kier alpha value is -2.53. The first kappa shape index (κ1) is 20.7. The minimum absolute atomic E-state index is 0.0468. The van der Waals surface area contributed by atoms with Crippen molar-refractivity contribution in [1.82, 2.24) is 10.2 Å². The van der Waals surface area contributed by atoms with Crippen LogP contribution in [0, 0.1) is 6.92 Å². The van der Waals surface area contributed by atoms with Gasteiger partial charge in [-0.05, 0) is 74.2 Å². The monoisotopic (exact) mass is 407 g/mol. The number of likely N-dealkylation sites (N-methyl/N-ethyl adjacent to an activating group) is 1. The van der Waals surface area contributed by atoms with Gasteiger partial charge in [-0.1, -0.05) is 30.7 Å². The fourth-order valence-electron chi connectivity index (χ4n) is 4.60. The largest absolute Gasteiger partial charge is 0.484 e. The SMILES string of the molecule is Cc1cccc(OCC(=O)NC[C@H](c2ccc3c(c2)CCN3C)N2CCCCC2)c1. The fourth-order valence-corrected chi connectivity index (χ4v) is 4.60. The molecule has 1 N–H and O–H groups in total. The molecule has 0 spiro atoms. The molecule has 0 bridgehead atoms. The molecule has 1 fully saturated rings. The Bertz CT molecular complexity index is 876. The lowest BCUT2D eigenvalue weighted by molar-refractivity contribution is -0.123. The van der Waals surface area contributed by atoms with Gasteiger partial charge in [-0.2, -0.15) is 0 Å². The Labute approximate surface area is 180 Å².